The third-order valence-electron chi connectivity index (χ3n) is 5.81. The molecule has 1 aliphatic carbocycles. The summed E-state index contributed by atoms with van der Waals surface area (Å²) in [5.74, 6) is 0.933. The normalized spacial score (nSPS) is 19.2. The lowest BCUT2D eigenvalue weighted by Crippen LogP contribution is -2.31. The second-order valence-electron chi connectivity index (χ2n) is 7.40. The van der Waals surface area contributed by atoms with Crippen molar-refractivity contribution in [3.63, 3.8) is 0 Å². The Morgan fingerprint density at radius 3 is 2.10 bits per heavy atom. The van der Waals surface area contributed by atoms with Crippen LogP contribution in [-0.2, 0) is 5.60 Å². The first-order valence-corrected chi connectivity index (χ1v) is 10.7. The van der Waals surface area contributed by atoms with Gasteiger partial charge in [0.05, 0.1) is 0 Å². The number of fused-ring (bicyclic) bond motifs is 4. The molecule has 2 heterocycles. The molecule has 4 aromatic rings. The minimum absolute atomic E-state index is 0.676. The summed E-state index contributed by atoms with van der Waals surface area (Å²) in [5.41, 5.74) is 7.64. The first-order valence-electron chi connectivity index (χ1n) is 9.76. The van der Waals surface area contributed by atoms with Crippen molar-refractivity contribution in [1.82, 2.24) is 0 Å². The Bertz CT molecular complexity index is 1250. The summed E-state index contributed by atoms with van der Waals surface area (Å²) < 4.78 is 6.90. The molecule has 1 nitrogen and oxygen atoms in total. The highest BCUT2D eigenvalue weighted by Gasteiger charge is 2.49. The zero-order chi connectivity index (χ0) is 19.3. The molecule has 0 spiro atoms. The van der Waals surface area contributed by atoms with Gasteiger partial charge in [-0.25, -0.2) is 0 Å². The number of ether oxygens (including phenoxy) is 1. The quantitative estimate of drug-likeness (QED) is 0.354. The fourth-order valence-corrected chi connectivity index (χ4v) is 5.16. The van der Waals surface area contributed by atoms with Crippen LogP contribution in [0, 0.1) is 0 Å². The van der Waals surface area contributed by atoms with Crippen LogP contribution in [0.4, 0.5) is 0 Å². The van der Waals surface area contributed by atoms with Gasteiger partial charge in [0, 0.05) is 22.3 Å². The van der Waals surface area contributed by atoms with E-state index in [1.807, 2.05) is 6.07 Å². The molecule has 1 unspecified atom stereocenters. The Balaban J connectivity index is 1.76. The van der Waals surface area contributed by atoms with Crippen LogP contribution in [0.15, 0.2) is 95.7 Å². The fraction of sp³-hybridized carbons (Fsp3) is 0.0370. The predicted molar refractivity (Wildman–Crippen MR) is 122 cm³/mol. The van der Waals surface area contributed by atoms with Gasteiger partial charge in [-0.05, 0) is 51.7 Å². The van der Waals surface area contributed by atoms with E-state index in [-0.39, 0.29) is 0 Å². The Morgan fingerprint density at radius 2 is 1.34 bits per heavy atom. The second kappa shape index (κ2) is 6.33. The van der Waals surface area contributed by atoms with Crippen LogP contribution in [0.25, 0.3) is 23.3 Å². The van der Waals surface area contributed by atoms with Crippen molar-refractivity contribution in [2.24, 2.45) is 0 Å². The summed E-state index contributed by atoms with van der Waals surface area (Å²) in [6, 6.07) is 29.8. The summed E-state index contributed by atoms with van der Waals surface area (Å²) in [6.07, 6.45) is 4.61. The van der Waals surface area contributed by atoms with E-state index in [0.29, 0.717) is 0 Å². The predicted octanol–water partition coefficient (Wildman–Crippen LogP) is 7.13. The first kappa shape index (κ1) is 16.6. The van der Waals surface area contributed by atoms with Gasteiger partial charge in [0.1, 0.15) is 5.75 Å². The smallest absolute Gasteiger partial charge is 0.186 e. The first-order chi connectivity index (χ1) is 14.4. The van der Waals surface area contributed by atoms with Crippen LogP contribution < -0.4 is 4.74 Å². The van der Waals surface area contributed by atoms with Gasteiger partial charge in [-0.15, -0.1) is 0 Å². The molecule has 6 rings (SSSR count). The second-order valence-corrected chi connectivity index (χ2v) is 8.18. The zero-order valence-corrected chi connectivity index (χ0v) is 16.5. The fourth-order valence-electron chi connectivity index (χ4n) is 4.50. The van der Waals surface area contributed by atoms with Crippen molar-refractivity contribution in [3.8, 4) is 5.75 Å². The summed E-state index contributed by atoms with van der Waals surface area (Å²) in [6.45, 7) is 0. The molecule has 1 atom stereocenters. The molecule has 0 bridgehead atoms. The Hall–Kier alpha value is -3.36. The summed E-state index contributed by atoms with van der Waals surface area (Å²) in [7, 11) is 0. The van der Waals surface area contributed by atoms with E-state index in [1.165, 1.54) is 27.8 Å². The summed E-state index contributed by atoms with van der Waals surface area (Å²) in [4.78, 5) is 0. The van der Waals surface area contributed by atoms with Crippen LogP contribution in [-0.4, -0.2) is 0 Å². The molecule has 3 aromatic carbocycles. The van der Waals surface area contributed by atoms with Gasteiger partial charge in [-0.2, -0.15) is 11.3 Å². The molecule has 0 N–H and O–H groups in total. The number of thiophene rings is 1. The van der Waals surface area contributed by atoms with Crippen LogP contribution in [0.1, 0.15) is 27.8 Å². The maximum atomic E-state index is 6.90. The molecule has 2 aliphatic rings. The molecule has 1 aliphatic heterocycles. The van der Waals surface area contributed by atoms with Crippen molar-refractivity contribution >= 4 is 34.6 Å². The molecule has 1 aromatic heterocycles. The highest BCUT2D eigenvalue weighted by molar-refractivity contribution is 7.08. The molecule has 0 saturated heterocycles. The zero-order valence-electron chi connectivity index (χ0n) is 15.7. The Morgan fingerprint density at radius 1 is 0.655 bits per heavy atom. The molecule has 0 fully saturated rings. The lowest BCUT2D eigenvalue weighted by Gasteiger charge is -2.33. The van der Waals surface area contributed by atoms with Gasteiger partial charge in [-0.3, -0.25) is 0 Å². The van der Waals surface area contributed by atoms with Gasteiger partial charge in [0.2, 0.25) is 0 Å². The van der Waals surface area contributed by atoms with Crippen LogP contribution >= 0.6 is 11.3 Å². The highest BCUT2D eigenvalue weighted by Crippen LogP contribution is 2.58. The number of hydrogen-bond donors (Lipinski definition) is 0. The molecule has 138 valence electrons. The van der Waals surface area contributed by atoms with Crippen LogP contribution in [0.5, 0.6) is 5.75 Å². The number of benzene rings is 3. The molecular formula is C27H18OS. The van der Waals surface area contributed by atoms with Gasteiger partial charge in [-0.1, -0.05) is 72.8 Å². The van der Waals surface area contributed by atoms with E-state index >= 15 is 0 Å². The van der Waals surface area contributed by atoms with E-state index in [0.717, 1.165) is 16.9 Å². The lowest BCUT2D eigenvalue weighted by molar-refractivity contribution is 0.213. The minimum atomic E-state index is -0.676. The van der Waals surface area contributed by atoms with E-state index in [1.54, 1.807) is 11.3 Å². The van der Waals surface area contributed by atoms with Crippen molar-refractivity contribution in [3.05, 3.63) is 124 Å². The molecular weight excluding hydrogens is 372 g/mol. The minimum Gasteiger partial charge on any atom is -0.472 e. The van der Waals surface area contributed by atoms with Gasteiger partial charge in [0.25, 0.3) is 0 Å². The molecule has 0 saturated carbocycles. The third-order valence-corrected chi connectivity index (χ3v) is 6.49. The standard InChI is InChI=1S/C27H18OS/c1-2-10-22(11-3-1)27-24(21-14-15-29-18-21)16-19-8-4-5-9-20(19)17-25(27)23-12-6-7-13-26(23)28-27/h1-18H. The van der Waals surface area contributed by atoms with Crippen molar-refractivity contribution in [2.75, 3.05) is 0 Å². The molecule has 0 amide bonds. The summed E-state index contributed by atoms with van der Waals surface area (Å²) >= 11 is 1.72. The maximum absolute atomic E-state index is 6.90. The number of hydrogen-bond acceptors (Lipinski definition) is 2. The highest BCUT2D eigenvalue weighted by atomic mass is 32.1. The summed E-state index contributed by atoms with van der Waals surface area (Å²) in [5, 5.41) is 4.35. The van der Waals surface area contributed by atoms with Gasteiger partial charge < -0.3 is 4.74 Å². The maximum Gasteiger partial charge on any atom is 0.186 e. The molecule has 2 heteroatoms. The number of para-hydroxylation sites is 1. The number of rotatable bonds is 2. The van der Waals surface area contributed by atoms with E-state index in [9.17, 15) is 0 Å². The van der Waals surface area contributed by atoms with Crippen molar-refractivity contribution in [2.45, 2.75) is 5.60 Å². The van der Waals surface area contributed by atoms with Crippen molar-refractivity contribution < 1.29 is 4.74 Å². The van der Waals surface area contributed by atoms with Crippen LogP contribution in [0.3, 0.4) is 0 Å². The topological polar surface area (TPSA) is 9.23 Å². The Kier molecular flexibility index (Phi) is 3.62. The van der Waals surface area contributed by atoms with E-state index in [4.69, 9.17) is 4.74 Å². The third kappa shape index (κ3) is 2.39. The molecule has 0 radical (unpaired) electrons. The lowest BCUT2D eigenvalue weighted by atomic mass is 9.76. The average molecular weight is 391 g/mol. The van der Waals surface area contributed by atoms with Gasteiger partial charge in [0.15, 0.2) is 5.60 Å². The average Bonchev–Trinajstić information content (AvgIpc) is 3.38. The van der Waals surface area contributed by atoms with E-state index < -0.39 is 5.60 Å². The Labute approximate surface area is 174 Å². The SMILES string of the molecule is C1=C(c2ccsc2)C2(c3ccccc3)Oc3ccccc3C2=Cc2ccccc21. The van der Waals surface area contributed by atoms with E-state index in [2.05, 4.69) is 102 Å². The van der Waals surface area contributed by atoms with Crippen molar-refractivity contribution in [1.29, 1.82) is 0 Å². The monoisotopic (exact) mass is 390 g/mol. The van der Waals surface area contributed by atoms with Crippen LogP contribution in [0.2, 0.25) is 0 Å². The largest absolute Gasteiger partial charge is 0.472 e. The molecule has 29 heavy (non-hydrogen) atoms. The van der Waals surface area contributed by atoms with Gasteiger partial charge >= 0.3 is 0 Å².